The zero-order valence-corrected chi connectivity index (χ0v) is 10.8. The van der Waals surface area contributed by atoms with Crippen LogP contribution in [0.3, 0.4) is 0 Å². The Morgan fingerprint density at radius 1 is 1.25 bits per heavy atom. The third-order valence-corrected chi connectivity index (χ3v) is 4.60. The number of hydrogen-bond acceptors (Lipinski definition) is 2. The standard InChI is InChI=1S/C14H27NO/c1-14(2,10-16)6-3-7-15-13-9-11-4-5-12(13)8-11/h11-13,15-16H,3-10H2,1-2H3. The molecule has 2 aliphatic carbocycles. The largest absolute Gasteiger partial charge is 0.396 e. The van der Waals surface area contributed by atoms with E-state index in [1.165, 1.54) is 32.1 Å². The molecule has 3 atom stereocenters. The van der Waals surface area contributed by atoms with Crippen LogP contribution in [-0.4, -0.2) is 24.3 Å². The van der Waals surface area contributed by atoms with Crippen molar-refractivity contribution in [1.29, 1.82) is 0 Å². The van der Waals surface area contributed by atoms with Crippen LogP contribution < -0.4 is 5.32 Å². The minimum absolute atomic E-state index is 0.108. The van der Waals surface area contributed by atoms with Gasteiger partial charge in [0.05, 0.1) is 0 Å². The Morgan fingerprint density at radius 2 is 2.06 bits per heavy atom. The second-order valence-corrected chi connectivity index (χ2v) is 6.66. The summed E-state index contributed by atoms with van der Waals surface area (Å²) in [7, 11) is 0. The van der Waals surface area contributed by atoms with Gasteiger partial charge in [0.2, 0.25) is 0 Å². The van der Waals surface area contributed by atoms with Crippen molar-refractivity contribution in [2.45, 2.75) is 58.4 Å². The first-order chi connectivity index (χ1) is 7.61. The SMILES string of the molecule is CC(C)(CO)CCCNC1CC2CCC1C2. The highest BCUT2D eigenvalue weighted by molar-refractivity contribution is 4.93. The van der Waals surface area contributed by atoms with E-state index in [4.69, 9.17) is 0 Å². The molecule has 2 N–H and O–H groups in total. The van der Waals surface area contributed by atoms with E-state index in [-0.39, 0.29) is 5.41 Å². The van der Waals surface area contributed by atoms with Crippen LogP contribution in [0.15, 0.2) is 0 Å². The van der Waals surface area contributed by atoms with Gasteiger partial charge >= 0.3 is 0 Å². The maximum Gasteiger partial charge on any atom is 0.0482 e. The van der Waals surface area contributed by atoms with E-state index >= 15 is 0 Å². The number of nitrogens with one attached hydrogen (secondary N) is 1. The van der Waals surface area contributed by atoms with Gasteiger partial charge in [-0.1, -0.05) is 20.3 Å². The van der Waals surface area contributed by atoms with E-state index in [1.54, 1.807) is 0 Å². The first-order valence-corrected chi connectivity index (χ1v) is 6.95. The van der Waals surface area contributed by atoms with Gasteiger partial charge < -0.3 is 10.4 Å². The Morgan fingerprint density at radius 3 is 2.62 bits per heavy atom. The summed E-state index contributed by atoms with van der Waals surface area (Å²) in [6.07, 6.45) is 8.18. The summed E-state index contributed by atoms with van der Waals surface area (Å²) in [6.45, 7) is 5.73. The van der Waals surface area contributed by atoms with Crippen LogP contribution in [0.25, 0.3) is 0 Å². The van der Waals surface area contributed by atoms with Crippen LogP contribution in [0.2, 0.25) is 0 Å². The van der Waals surface area contributed by atoms with Crippen molar-refractivity contribution in [2.75, 3.05) is 13.2 Å². The number of rotatable bonds is 6. The Kier molecular flexibility index (Phi) is 3.91. The van der Waals surface area contributed by atoms with Crippen LogP contribution in [0.4, 0.5) is 0 Å². The first kappa shape index (κ1) is 12.4. The highest BCUT2D eigenvalue weighted by Gasteiger charge is 2.38. The lowest BCUT2D eigenvalue weighted by atomic mass is 9.89. The molecular formula is C14H27NO. The molecule has 2 heteroatoms. The number of hydrogen-bond donors (Lipinski definition) is 2. The van der Waals surface area contributed by atoms with Gasteiger partial charge in [0.25, 0.3) is 0 Å². The molecule has 0 aliphatic heterocycles. The molecule has 2 fully saturated rings. The summed E-state index contributed by atoms with van der Waals surface area (Å²) < 4.78 is 0. The van der Waals surface area contributed by atoms with Crippen molar-refractivity contribution in [2.24, 2.45) is 17.3 Å². The molecule has 0 amide bonds. The van der Waals surface area contributed by atoms with Crippen molar-refractivity contribution in [3.05, 3.63) is 0 Å². The van der Waals surface area contributed by atoms with E-state index in [0.717, 1.165) is 30.8 Å². The molecular weight excluding hydrogens is 198 g/mol. The molecule has 0 aromatic heterocycles. The number of aliphatic hydroxyl groups is 1. The first-order valence-electron chi connectivity index (χ1n) is 6.95. The average Bonchev–Trinajstić information content (AvgIpc) is 2.86. The second-order valence-electron chi connectivity index (χ2n) is 6.66. The minimum atomic E-state index is 0.108. The van der Waals surface area contributed by atoms with Gasteiger partial charge in [-0.25, -0.2) is 0 Å². The van der Waals surface area contributed by atoms with E-state index in [0.29, 0.717) is 6.61 Å². The summed E-state index contributed by atoms with van der Waals surface area (Å²) in [5, 5.41) is 12.9. The van der Waals surface area contributed by atoms with Crippen molar-refractivity contribution in [3.8, 4) is 0 Å². The van der Waals surface area contributed by atoms with Gasteiger partial charge in [-0.3, -0.25) is 0 Å². The van der Waals surface area contributed by atoms with Crippen LogP contribution in [0.5, 0.6) is 0 Å². The predicted octanol–water partition coefficient (Wildman–Crippen LogP) is 2.56. The number of fused-ring (bicyclic) bond motifs is 2. The van der Waals surface area contributed by atoms with Gasteiger partial charge in [0.15, 0.2) is 0 Å². The van der Waals surface area contributed by atoms with Crippen LogP contribution in [0, 0.1) is 17.3 Å². The highest BCUT2D eigenvalue weighted by Crippen LogP contribution is 2.44. The highest BCUT2D eigenvalue weighted by atomic mass is 16.3. The van der Waals surface area contributed by atoms with Crippen LogP contribution in [0.1, 0.15) is 52.4 Å². The zero-order valence-electron chi connectivity index (χ0n) is 10.8. The fourth-order valence-corrected chi connectivity index (χ4v) is 3.43. The summed E-state index contributed by atoms with van der Waals surface area (Å²) in [5.74, 6) is 2.02. The van der Waals surface area contributed by atoms with E-state index in [2.05, 4.69) is 19.2 Å². The Labute approximate surface area is 99.8 Å². The van der Waals surface area contributed by atoms with Crippen molar-refractivity contribution in [3.63, 3.8) is 0 Å². The molecule has 0 radical (unpaired) electrons. The minimum Gasteiger partial charge on any atom is -0.396 e. The summed E-state index contributed by atoms with van der Waals surface area (Å²) in [6, 6.07) is 0.816. The summed E-state index contributed by atoms with van der Waals surface area (Å²) in [4.78, 5) is 0. The molecule has 16 heavy (non-hydrogen) atoms. The zero-order chi connectivity index (χ0) is 11.6. The molecule has 2 rings (SSSR count). The molecule has 2 nitrogen and oxygen atoms in total. The average molecular weight is 225 g/mol. The normalized spacial score (nSPS) is 33.6. The molecule has 0 heterocycles. The molecule has 2 bridgehead atoms. The third kappa shape index (κ3) is 2.98. The molecule has 94 valence electrons. The molecule has 0 spiro atoms. The van der Waals surface area contributed by atoms with Gasteiger partial charge in [-0.05, 0) is 55.9 Å². The summed E-state index contributed by atoms with van der Waals surface area (Å²) >= 11 is 0. The molecule has 0 aromatic carbocycles. The van der Waals surface area contributed by atoms with Crippen molar-refractivity contribution < 1.29 is 5.11 Å². The lowest BCUT2D eigenvalue weighted by molar-refractivity contribution is 0.147. The van der Waals surface area contributed by atoms with E-state index < -0.39 is 0 Å². The van der Waals surface area contributed by atoms with Crippen LogP contribution >= 0.6 is 0 Å². The fraction of sp³-hybridized carbons (Fsp3) is 1.00. The van der Waals surface area contributed by atoms with Gasteiger partial charge in [0, 0.05) is 12.6 Å². The number of aliphatic hydroxyl groups excluding tert-OH is 1. The monoisotopic (exact) mass is 225 g/mol. The quantitative estimate of drug-likeness (QED) is 0.681. The van der Waals surface area contributed by atoms with Crippen molar-refractivity contribution >= 4 is 0 Å². The Bertz CT molecular complexity index is 227. The summed E-state index contributed by atoms with van der Waals surface area (Å²) in [5.41, 5.74) is 0.108. The molecule has 2 saturated carbocycles. The fourth-order valence-electron chi connectivity index (χ4n) is 3.43. The molecule has 2 aliphatic rings. The predicted molar refractivity (Wildman–Crippen MR) is 67.3 cm³/mol. The maximum atomic E-state index is 9.17. The van der Waals surface area contributed by atoms with Gasteiger partial charge in [0.1, 0.15) is 0 Å². The second kappa shape index (κ2) is 5.05. The van der Waals surface area contributed by atoms with E-state index in [9.17, 15) is 5.11 Å². The van der Waals surface area contributed by atoms with Gasteiger partial charge in [-0.2, -0.15) is 0 Å². The van der Waals surface area contributed by atoms with Gasteiger partial charge in [-0.15, -0.1) is 0 Å². The lowest BCUT2D eigenvalue weighted by Crippen LogP contribution is -2.35. The topological polar surface area (TPSA) is 32.3 Å². The molecule has 3 unspecified atom stereocenters. The molecule has 0 aromatic rings. The Balaban J connectivity index is 1.59. The van der Waals surface area contributed by atoms with Crippen molar-refractivity contribution in [1.82, 2.24) is 5.32 Å². The lowest BCUT2D eigenvalue weighted by Gasteiger charge is -2.25. The molecule has 0 saturated heterocycles. The van der Waals surface area contributed by atoms with Crippen LogP contribution in [-0.2, 0) is 0 Å². The smallest absolute Gasteiger partial charge is 0.0482 e. The van der Waals surface area contributed by atoms with E-state index in [1.807, 2.05) is 0 Å². The Hall–Kier alpha value is -0.0800. The maximum absolute atomic E-state index is 9.17. The third-order valence-electron chi connectivity index (χ3n) is 4.60.